The van der Waals surface area contributed by atoms with Gasteiger partial charge in [-0.15, -0.1) is 13.2 Å². The summed E-state index contributed by atoms with van der Waals surface area (Å²) in [5.74, 6) is -0.232. The molecule has 9 heteroatoms. The molecule has 2 rings (SSSR count). The van der Waals surface area contributed by atoms with Gasteiger partial charge in [0.1, 0.15) is 24.2 Å². The summed E-state index contributed by atoms with van der Waals surface area (Å²) in [5.41, 5.74) is 1.44. The first-order valence-corrected chi connectivity index (χ1v) is 8.64. The number of carbonyl (C=O) groups is 1. The van der Waals surface area contributed by atoms with Gasteiger partial charge in [-0.05, 0) is 53.5 Å². The Kier molecular flexibility index (Phi) is 6.95. The van der Waals surface area contributed by atoms with E-state index >= 15 is 0 Å². The molecule has 0 radical (unpaired) electrons. The maximum Gasteiger partial charge on any atom is 0.573 e. The average molecular weight is 448 g/mol. The molecule has 1 unspecified atom stereocenters. The molecule has 1 N–H and O–H groups in total. The van der Waals surface area contributed by atoms with Crippen LogP contribution >= 0.6 is 15.9 Å². The van der Waals surface area contributed by atoms with Crippen LogP contribution < -0.4 is 14.8 Å². The number of ether oxygens (including phenoxy) is 3. The Bertz CT molecular complexity index is 778. The summed E-state index contributed by atoms with van der Waals surface area (Å²) < 4.78 is 51.8. The fourth-order valence-electron chi connectivity index (χ4n) is 2.11. The van der Waals surface area contributed by atoms with E-state index in [0.717, 1.165) is 17.7 Å². The number of hydrogen-bond acceptors (Lipinski definition) is 4. The minimum absolute atomic E-state index is 0.0438. The molecule has 0 aliphatic carbocycles. The Morgan fingerprint density at radius 2 is 1.85 bits per heavy atom. The number of carbonyl (C=O) groups excluding carboxylic acids is 1. The molecule has 0 aliphatic heterocycles. The van der Waals surface area contributed by atoms with Gasteiger partial charge >= 0.3 is 12.5 Å². The quantitative estimate of drug-likeness (QED) is 0.619. The van der Waals surface area contributed by atoms with Gasteiger partial charge in [0, 0.05) is 10.5 Å². The molecule has 5 nitrogen and oxygen atoms in total. The second-order valence-electron chi connectivity index (χ2n) is 5.61. The third-order valence-electron chi connectivity index (χ3n) is 3.28. The van der Waals surface area contributed by atoms with Crippen LogP contribution in [0.3, 0.4) is 0 Å². The Balaban J connectivity index is 1.86. The third-order valence-corrected chi connectivity index (χ3v) is 3.94. The van der Waals surface area contributed by atoms with Crippen LogP contribution in [0.5, 0.6) is 11.5 Å². The SMILES string of the molecule is Cc1cccc(Br)c1NC(=O)OC(C)COc1cccc(OC(F)(F)F)c1. The Labute approximate surface area is 162 Å². The maximum absolute atomic E-state index is 12.2. The predicted octanol–water partition coefficient (Wildman–Crippen LogP) is 5.67. The molecule has 0 spiro atoms. The molecule has 0 heterocycles. The lowest BCUT2D eigenvalue weighted by Gasteiger charge is -2.16. The lowest BCUT2D eigenvalue weighted by Crippen LogP contribution is -2.25. The van der Waals surface area contributed by atoms with Gasteiger partial charge in [0.05, 0.1) is 5.69 Å². The summed E-state index contributed by atoms with van der Waals surface area (Å²) in [5, 5.41) is 2.63. The zero-order valence-corrected chi connectivity index (χ0v) is 16.1. The first kappa shape index (κ1) is 20.9. The van der Waals surface area contributed by atoms with Crippen LogP contribution in [0, 0.1) is 6.92 Å². The number of aryl methyl sites for hydroxylation is 1. The van der Waals surface area contributed by atoms with Crippen LogP contribution in [0.25, 0.3) is 0 Å². The Hall–Kier alpha value is -2.42. The molecule has 2 aromatic carbocycles. The monoisotopic (exact) mass is 447 g/mol. The van der Waals surface area contributed by atoms with Crippen molar-refractivity contribution in [1.29, 1.82) is 0 Å². The summed E-state index contributed by atoms with van der Waals surface area (Å²) in [4.78, 5) is 12.0. The molecular formula is C18H17BrF3NO4. The summed E-state index contributed by atoms with van der Waals surface area (Å²) in [7, 11) is 0. The number of anilines is 1. The third kappa shape index (κ3) is 7.01. The van der Waals surface area contributed by atoms with Crippen LogP contribution in [0.15, 0.2) is 46.9 Å². The normalized spacial score (nSPS) is 12.2. The minimum Gasteiger partial charge on any atom is -0.490 e. The predicted molar refractivity (Wildman–Crippen MR) is 97.1 cm³/mol. The number of para-hydroxylation sites is 1. The minimum atomic E-state index is -4.78. The van der Waals surface area contributed by atoms with Crippen molar-refractivity contribution in [2.75, 3.05) is 11.9 Å². The van der Waals surface area contributed by atoms with Crippen molar-refractivity contribution >= 4 is 27.7 Å². The topological polar surface area (TPSA) is 56.8 Å². The zero-order valence-electron chi connectivity index (χ0n) is 14.5. The van der Waals surface area contributed by atoms with Crippen molar-refractivity contribution in [2.45, 2.75) is 26.3 Å². The maximum atomic E-state index is 12.2. The van der Waals surface area contributed by atoms with Gasteiger partial charge in [0.2, 0.25) is 0 Å². The van der Waals surface area contributed by atoms with Gasteiger partial charge in [0.25, 0.3) is 0 Å². The van der Waals surface area contributed by atoms with E-state index in [1.165, 1.54) is 12.1 Å². The van der Waals surface area contributed by atoms with Crippen molar-refractivity contribution in [3.05, 3.63) is 52.5 Å². The van der Waals surface area contributed by atoms with Crippen LogP contribution in [0.2, 0.25) is 0 Å². The van der Waals surface area contributed by atoms with Crippen LogP contribution in [0.1, 0.15) is 12.5 Å². The highest BCUT2D eigenvalue weighted by molar-refractivity contribution is 9.10. The van der Waals surface area contributed by atoms with E-state index in [0.29, 0.717) is 10.2 Å². The second kappa shape index (κ2) is 8.98. The van der Waals surface area contributed by atoms with Gasteiger partial charge in [-0.2, -0.15) is 0 Å². The van der Waals surface area contributed by atoms with Gasteiger partial charge in [-0.1, -0.05) is 18.2 Å². The largest absolute Gasteiger partial charge is 0.573 e. The van der Waals surface area contributed by atoms with E-state index in [1.807, 2.05) is 19.1 Å². The molecule has 0 bridgehead atoms. The summed E-state index contributed by atoms with van der Waals surface area (Å²) in [6, 6.07) is 10.6. The number of benzene rings is 2. The molecule has 0 aliphatic rings. The van der Waals surface area contributed by atoms with Crippen molar-refractivity contribution in [1.82, 2.24) is 0 Å². The van der Waals surface area contributed by atoms with Gasteiger partial charge in [-0.3, -0.25) is 5.32 Å². The fourth-order valence-corrected chi connectivity index (χ4v) is 2.68. The second-order valence-corrected chi connectivity index (χ2v) is 6.46. The first-order valence-electron chi connectivity index (χ1n) is 7.85. The average Bonchev–Trinajstić information content (AvgIpc) is 2.55. The van der Waals surface area contributed by atoms with Crippen LogP contribution in [-0.2, 0) is 4.74 Å². The van der Waals surface area contributed by atoms with E-state index in [2.05, 4.69) is 26.0 Å². The molecular weight excluding hydrogens is 431 g/mol. The summed E-state index contributed by atoms with van der Waals surface area (Å²) >= 11 is 3.34. The lowest BCUT2D eigenvalue weighted by molar-refractivity contribution is -0.274. The van der Waals surface area contributed by atoms with Crippen molar-refractivity contribution in [2.24, 2.45) is 0 Å². The highest BCUT2D eigenvalue weighted by Gasteiger charge is 2.31. The van der Waals surface area contributed by atoms with Crippen molar-refractivity contribution in [3.63, 3.8) is 0 Å². The number of rotatable bonds is 6. The van der Waals surface area contributed by atoms with E-state index in [-0.39, 0.29) is 12.4 Å². The number of alkyl halides is 3. The van der Waals surface area contributed by atoms with Crippen LogP contribution in [0.4, 0.5) is 23.7 Å². The van der Waals surface area contributed by atoms with E-state index < -0.39 is 24.3 Å². The van der Waals surface area contributed by atoms with Crippen molar-refractivity contribution < 1.29 is 32.2 Å². The molecule has 1 atom stereocenters. The Morgan fingerprint density at radius 3 is 2.52 bits per heavy atom. The molecule has 0 fully saturated rings. The zero-order chi connectivity index (χ0) is 20.0. The highest BCUT2D eigenvalue weighted by atomic mass is 79.9. The molecule has 0 saturated carbocycles. The smallest absolute Gasteiger partial charge is 0.490 e. The first-order chi connectivity index (χ1) is 12.6. The summed E-state index contributed by atoms with van der Waals surface area (Å²) in [6.45, 7) is 3.39. The Morgan fingerprint density at radius 1 is 1.19 bits per heavy atom. The lowest BCUT2D eigenvalue weighted by atomic mass is 10.2. The highest BCUT2D eigenvalue weighted by Crippen LogP contribution is 2.27. The molecule has 146 valence electrons. The number of amides is 1. The van der Waals surface area contributed by atoms with Gasteiger partial charge in [-0.25, -0.2) is 4.79 Å². The van der Waals surface area contributed by atoms with Gasteiger partial charge < -0.3 is 14.2 Å². The van der Waals surface area contributed by atoms with E-state index in [9.17, 15) is 18.0 Å². The number of nitrogens with one attached hydrogen (secondary N) is 1. The van der Waals surface area contributed by atoms with E-state index in [4.69, 9.17) is 9.47 Å². The molecule has 1 amide bonds. The summed E-state index contributed by atoms with van der Waals surface area (Å²) in [6.07, 6.45) is -6.09. The fraction of sp³-hybridized carbons (Fsp3) is 0.278. The van der Waals surface area contributed by atoms with E-state index in [1.54, 1.807) is 13.0 Å². The van der Waals surface area contributed by atoms with Gasteiger partial charge in [0.15, 0.2) is 0 Å². The standard InChI is InChI=1S/C18H17BrF3NO4/c1-11-5-3-8-15(19)16(11)23-17(24)26-12(2)10-25-13-6-4-7-14(9-13)27-18(20,21)22/h3-9,12H,10H2,1-2H3,(H,23,24). The molecule has 0 aromatic heterocycles. The molecule has 0 saturated heterocycles. The van der Waals surface area contributed by atoms with Crippen LogP contribution in [-0.4, -0.2) is 25.2 Å². The molecule has 2 aromatic rings. The molecule has 27 heavy (non-hydrogen) atoms. The number of hydrogen-bond donors (Lipinski definition) is 1. The number of halogens is 4. The van der Waals surface area contributed by atoms with Crippen molar-refractivity contribution in [3.8, 4) is 11.5 Å².